The molecule has 1 fully saturated rings. The average molecular weight is 323 g/mol. The molecule has 1 aromatic carbocycles. The quantitative estimate of drug-likeness (QED) is 0.937. The van der Waals surface area contributed by atoms with Crippen molar-refractivity contribution in [2.75, 3.05) is 11.9 Å². The highest BCUT2D eigenvalue weighted by Gasteiger charge is 2.26. The number of hydrogen-bond acceptors (Lipinski definition) is 5. The highest BCUT2D eigenvalue weighted by Crippen LogP contribution is 2.33. The molecule has 2 atom stereocenters. The average Bonchev–Trinajstić information content (AvgIpc) is 2.88. The molecule has 0 bridgehead atoms. The van der Waals surface area contributed by atoms with E-state index < -0.39 is 10.0 Å². The Kier molecular flexibility index (Phi) is 3.86. The molecule has 22 heavy (non-hydrogen) atoms. The summed E-state index contributed by atoms with van der Waals surface area (Å²) in [5, 5.41) is 10.0. The lowest BCUT2D eigenvalue weighted by Crippen LogP contribution is -2.35. The molecule has 1 aliphatic rings. The normalized spacial score (nSPS) is 22.9. The molecule has 0 spiro atoms. The fraction of sp³-hybridized carbons (Fsp3) is 0.533. The van der Waals surface area contributed by atoms with Crippen LogP contribution in [0.25, 0.3) is 11.0 Å². The zero-order valence-electron chi connectivity index (χ0n) is 12.8. The summed E-state index contributed by atoms with van der Waals surface area (Å²) in [5.41, 5.74) is 0.568. The molecule has 2 unspecified atom stereocenters. The van der Waals surface area contributed by atoms with Crippen LogP contribution < -0.4 is 10.0 Å². The lowest BCUT2D eigenvalue weighted by Gasteiger charge is -2.34. The van der Waals surface area contributed by atoms with Gasteiger partial charge in [0, 0.05) is 13.1 Å². The molecular formula is C15H21N3O3S. The van der Waals surface area contributed by atoms with Gasteiger partial charge in [-0.25, -0.2) is 13.6 Å². The maximum absolute atomic E-state index is 11.5. The summed E-state index contributed by atoms with van der Waals surface area (Å²) in [6, 6.07) is 4.98. The number of rotatable bonds is 3. The number of primary sulfonamides is 1. The van der Waals surface area contributed by atoms with Crippen LogP contribution in [0.15, 0.2) is 27.6 Å². The second-order valence-electron chi connectivity index (χ2n) is 6.25. The predicted molar refractivity (Wildman–Crippen MR) is 85.2 cm³/mol. The van der Waals surface area contributed by atoms with Gasteiger partial charge in [0.2, 0.25) is 10.0 Å². The van der Waals surface area contributed by atoms with Crippen molar-refractivity contribution in [1.29, 1.82) is 0 Å². The van der Waals surface area contributed by atoms with Crippen molar-refractivity contribution in [3.63, 3.8) is 0 Å². The molecule has 1 aliphatic carbocycles. The number of anilines is 1. The van der Waals surface area contributed by atoms with Gasteiger partial charge >= 0.3 is 0 Å². The molecule has 0 radical (unpaired) electrons. The largest absolute Gasteiger partial charge is 0.354 e. The Morgan fingerprint density at radius 1 is 1.36 bits per heavy atom. The Labute approximate surface area is 130 Å². The van der Waals surface area contributed by atoms with Crippen molar-refractivity contribution in [3.8, 4) is 0 Å². The lowest BCUT2D eigenvalue weighted by atomic mass is 9.86. The van der Waals surface area contributed by atoms with Crippen molar-refractivity contribution in [2.24, 2.45) is 11.1 Å². The minimum atomic E-state index is -3.74. The molecule has 2 aromatic rings. The second-order valence-corrected chi connectivity index (χ2v) is 7.81. The molecule has 0 saturated heterocycles. The molecule has 7 heteroatoms. The van der Waals surface area contributed by atoms with Gasteiger partial charge in [-0.05, 0) is 37.0 Å². The number of fused-ring (bicyclic) bond motifs is 1. The Bertz CT molecular complexity index is 784. The molecule has 120 valence electrons. The van der Waals surface area contributed by atoms with E-state index in [9.17, 15) is 8.42 Å². The Morgan fingerprint density at radius 2 is 2.14 bits per heavy atom. The highest BCUT2D eigenvalue weighted by molar-refractivity contribution is 7.89. The molecular weight excluding hydrogens is 302 g/mol. The van der Waals surface area contributed by atoms with E-state index in [4.69, 9.17) is 9.66 Å². The number of hydrogen-bond donors (Lipinski definition) is 1. The first-order chi connectivity index (χ1) is 10.4. The monoisotopic (exact) mass is 323 g/mol. The van der Waals surface area contributed by atoms with Gasteiger partial charge in [-0.2, -0.15) is 0 Å². The molecule has 1 saturated carbocycles. The van der Waals surface area contributed by atoms with Gasteiger partial charge in [0.1, 0.15) is 0 Å². The zero-order valence-corrected chi connectivity index (χ0v) is 13.6. The molecule has 0 amide bonds. The van der Waals surface area contributed by atoms with Crippen LogP contribution in [0.3, 0.4) is 0 Å². The molecule has 1 heterocycles. The van der Waals surface area contributed by atoms with Crippen molar-refractivity contribution in [2.45, 2.75) is 43.5 Å². The first-order valence-corrected chi connectivity index (χ1v) is 9.06. The molecule has 3 rings (SSSR count). The fourth-order valence-electron chi connectivity index (χ4n) is 3.26. The van der Waals surface area contributed by atoms with Crippen LogP contribution in [0.5, 0.6) is 0 Å². The van der Waals surface area contributed by atoms with Crippen molar-refractivity contribution < 1.29 is 12.9 Å². The third-order valence-corrected chi connectivity index (χ3v) is 5.45. The maximum Gasteiger partial charge on any atom is 0.238 e. The summed E-state index contributed by atoms with van der Waals surface area (Å²) in [4.78, 5) is 2.18. The molecule has 1 aromatic heterocycles. The van der Waals surface area contributed by atoms with Crippen LogP contribution in [0.1, 0.15) is 32.6 Å². The summed E-state index contributed by atoms with van der Waals surface area (Å²) in [6.07, 6.45) is 4.69. The summed E-state index contributed by atoms with van der Waals surface area (Å²) < 4.78 is 28.4. The lowest BCUT2D eigenvalue weighted by molar-refractivity contribution is 0.333. The van der Waals surface area contributed by atoms with Gasteiger partial charge in [-0.15, -0.1) is 0 Å². The third-order valence-electron chi connectivity index (χ3n) is 4.54. The van der Waals surface area contributed by atoms with E-state index in [0.717, 1.165) is 12.8 Å². The van der Waals surface area contributed by atoms with E-state index in [-0.39, 0.29) is 4.90 Å². The number of sulfonamides is 1. The van der Waals surface area contributed by atoms with E-state index in [1.165, 1.54) is 18.9 Å². The summed E-state index contributed by atoms with van der Waals surface area (Å²) in [5.74, 6) is 1.37. The SMILES string of the molecule is CC1CCCC(N(C)c2noc3ccc(S(N)(=O)=O)cc23)C1. The summed E-state index contributed by atoms with van der Waals surface area (Å²) >= 11 is 0. The van der Waals surface area contributed by atoms with Crippen LogP contribution in [-0.2, 0) is 10.0 Å². The number of nitrogens with zero attached hydrogens (tertiary/aromatic N) is 2. The van der Waals surface area contributed by atoms with Gasteiger partial charge in [-0.3, -0.25) is 0 Å². The third kappa shape index (κ3) is 2.83. The van der Waals surface area contributed by atoms with Crippen molar-refractivity contribution in [3.05, 3.63) is 18.2 Å². The summed E-state index contributed by atoms with van der Waals surface area (Å²) in [7, 11) is -1.75. The molecule has 6 nitrogen and oxygen atoms in total. The second kappa shape index (κ2) is 5.55. The first kappa shape index (κ1) is 15.3. The Hall–Kier alpha value is -1.60. The van der Waals surface area contributed by atoms with Gasteiger partial charge in [0.05, 0.1) is 10.3 Å². The van der Waals surface area contributed by atoms with Crippen LogP contribution in [0.4, 0.5) is 5.82 Å². The van der Waals surface area contributed by atoms with Crippen LogP contribution in [0, 0.1) is 5.92 Å². The first-order valence-electron chi connectivity index (χ1n) is 7.51. The van der Waals surface area contributed by atoms with E-state index in [2.05, 4.69) is 17.0 Å². The number of benzene rings is 1. The highest BCUT2D eigenvalue weighted by atomic mass is 32.2. The predicted octanol–water partition coefficient (Wildman–Crippen LogP) is 2.49. The van der Waals surface area contributed by atoms with E-state index in [1.807, 2.05) is 7.05 Å². The van der Waals surface area contributed by atoms with Crippen LogP contribution in [0.2, 0.25) is 0 Å². The van der Waals surface area contributed by atoms with Gasteiger partial charge in [0.25, 0.3) is 0 Å². The fourth-order valence-corrected chi connectivity index (χ4v) is 3.80. The van der Waals surface area contributed by atoms with Crippen LogP contribution in [-0.4, -0.2) is 26.7 Å². The van der Waals surface area contributed by atoms with Crippen molar-refractivity contribution in [1.82, 2.24) is 5.16 Å². The zero-order chi connectivity index (χ0) is 15.9. The van der Waals surface area contributed by atoms with Gasteiger partial charge in [0.15, 0.2) is 11.4 Å². The van der Waals surface area contributed by atoms with E-state index in [0.29, 0.717) is 28.7 Å². The summed E-state index contributed by atoms with van der Waals surface area (Å²) in [6.45, 7) is 2.26. The van der Waals surface area contributed by atoms with Crippen LogP contribution >= 0.6 is 0 Å². The van der Waals surface area contributed by atoms with Crippen molar-refractivity contribution >= 4 is 26.8 Å². The number of nitrogens with two attached hydrogens (primary N) is 1. The van der Waals surface area contributed by atoms with Gasteiger partial charge < -0.3 is 9.42 Å². The van der Waals surface area contributed by atoms with E-state index >= 15 is 0 Å². The molecule has 0 aliphatic heterocycles. The molecule has 2 N–H and O–H groups in total. The smallest absolute Gasteiger partial charge is 0.238 e. The standard InChI is InChI=1S/C15H21N3O3S/c1-10-4-3-5-11(8-10)18(2)15-13-9-12(22(16,19)20)6-7-14(13)21-17-15/h6-7,9-11H,3-5,8H2,1-2H3,(H2,16,19,20). The topological polar surface area (TPSA) is 89.4 Å². The Morgan fingerprint density at radius 3 is 2.82 bits per heavy atom. The minimum Gasteiger partial charge on any atom is -0.354 e. The van der Waals surface area contributed by atoms with Gasteiger partial charge in [-0.1, -0.05) is 24.9 Å². The van der Waals surface area contributed by atoms with E-state index in [1.54, 1.807) is 12.1 Å². The number of aromatic nitrogens is 1. The Balaban J connectivity index is 1.99. The minimum absolute atomic E-state index is 0.0786. The maximum atomic E-state index is 11.5.